The molecule has 184 valence electrons. The van der Waals surface area contributed by atoms with Gasteiger partial charge in [-0.05, 0) is 44.9 Å². The summed E-state index contributed by atoms with van der Waals surface area (Å²) in [4.78, 5) is 28.2. The Kier molecular flexibility index (Phi) is 5.89. The molecule has 4 aromatic rings. The van der Waals surface area contributed by atoms with Crippen molar-refractivity contribution in [3.63, 3.8) is 0 Å². The molecule has 1 atom stereocenters. The third kappa shape index (κ3) is 3.92. The van der Waals surface area contributed by atoms with Crippen LogP contribution in [0.4, 0.5) is 11.6 Å². The Morgan fingerprint density at radius 3 is 2.69 bits per heavy atom. The van der Waals surface area contributed by atoms with Crippen molar-refractivity contribution in [3.8, 4) is 0 Å². The Balaban J connectivity index is 1.48. The van der Waals surface area contributed by atoms with Crippen LogP contribution in [0.15, 0.2) is 68.1 Å². The van der Waals surface area contributed by atoms with Crippen LogP contribution in [-0.4, -0.2) is 44.2 Å². The number of imidazole rings is 1. The number of aliphatic imine (C=N–C) groups is 1. The first-order valence-electron chi connectivity index (χ1n) is 12.5. The Morgan fingerprint density at radius 2 is 1.89 bits per heavy atom. The topological polar surface area (TPSA) is 94.3 Å². The molecule has 0 radical (unpaired) electrons. The zero-order valence-corrected chi connectivity index (χ0v) is 21.3. The van der Waals surface area contributed by atoms with Crippen molar-refractivity contribution < 1.29 is 0 Å². The van der Waals surface area contributed by atoms with E-state index in [9.17, 15) is 4.79 Å². The van der Waals surface area contributed by atoms with E-state index < -0.39 is 0 Å². The standard InChI is InChI=1S/C27H29N7OS/c1-3-33-25-24(30-27(33)32-14-8-9-18(28)15-32)17(2)31-34(26(25)35)16-21-19-10-4-6-12-22(19)36-23-13-7-5-11-20(23)29-21/h4-7,10-13,18H,3,8-9,14-16,28H2,1-2H3. The normalized spacial score (nSPS) is 17.5. The average molecular weight is 500 g/mol. The van der Waals surface area contributed by atoms with Gasteiger partial charge in [-0.1, -0.05) is 42.1 Å². The van der Waals surface area contributed by atoms with Gasteiger partial charge in [-0.2, -0.15) is 5.10 Å². The molecule has 2 aliphatic rings. The van der Waals surface area contributed by atoms with E-state index in [-0.39, 0.29) is 18.1 Å². The number of hydrogen-bond donors (Lipinski definition) is 1. The summed E-state index contributed by atoms with van der Waals surface area (Å²) in [5, 5.41) is 4.70. The summed E-state index contributed by atoms with van der Waals surface area (Å²) in [6.45, 7) is 6.53. The zero-order chi connectivity index (χ0) is 24.8. The maximum atomic E-state index is 13.9. The van der Waals surface area contributed by atoms with E-state index in [1.165, 1.54) is 0 Å². The molecule has 36 heavy (non-hydrogen) atoms. The van der Waals surface area contributed by atoms with Gasteiger partial charge in [0.15, 0.2) is 0 Å². The lowest BCUT2D eigenvalue weighted by atomic mass is 10.1. The molecule has 1 fully saturated rings. The van der Waals surface area contributed by atoms with Gasteiger partial charge in [0.1, 0.15) is 11.0 Å². The molecule has 0 spiro atoms. The van der Waals surface area contributed by atoms with Crippen molar-refractivity contribution >= 4 is 40.1 Å². The van der Waals surface area contributed by atoms with E-state index in [0.717, 1.165) is 64.3 Å². The molecule has 0 aliphatic carbocycles. The van der Waals surface area contributed by atoms with Gasteiger partial charge in [0.25, 0.3) is 5.56 Å². The molecule has 2 aromatic carbocycles. The summed E-state index contributed by atoms with van der Waals surface area (Å²) in [6, 6.07) is 16.4. The van der Waals surface area contributed by atoms with Gasteiger partial charge < -0.3 is 15.2 Å². The number of nitrogens with two attached hydrogens (primary N) is 1. The summed E-state index contributed by atoms with van der Waals surface area (Å²) >= 11 is 1.70. The second-order valence-corrected chi connectivity index (χ2v) is 10.5. The summed E-state index contributed by atoms with van der Waals surface area (Å²) in [5.41, 5.74) is 10.8. The molecule has 2 N–H and O–H groups in total. The number of piperidine rings is 1. The molecule has 9 heteroatoms. The van der Waals surface area contributed by atoms with Crippen molar-refractivity contribution in [2.24, 2.45) is 10.7 Å². The lowest BCUT2D eigenvalue weighted by Gasteiger charge is -2.31. The molecule has 4 heterocycles. The number of fused-ring (bicyclic) bond motifs is 3. The number of anilines is 1. The molecule has 6 rings (SSSR count). The molecular weight excluding hydrogens is 470 g/mol. The van der Waals surface area contributed by atoms with Crippen LogP contribution in [0.5, 0.6) is 0 Å². The van der Waals surface area contributed by atoms with E-state index in [1.807, 2.05) is 48.7 Å². The predicted molar refractivity (Wildman–Crippen MR) is 145 cm³/mol. The van der Waals surface area contributed by atoms with Crippen LogP contribution in [0.2, 0.25) is 0 Å². The van der Waals surface area contributed by atoms with E-state index in [2.05, 4.69) is 23.1 Å². The third-order valence-corrected chi connectivity index (χ3v) is 8.03. The fourth-order valence-electron chi connectivity index (χ4n) is 5.16. The van der Waals surface area contributed by atoms with Crippen LogP contribution in [0.1, 0.15) is 31.0 Å². The molecule has 2 aliphatic heterocycles. The zero-order valence-electron chi connectivity index (χ0n) is 20.5. The molecule has 0 amide bonds. The molecule has 2 aromatic heterocycles. The lowest BCUT2D eigenvalue weighted by Crippen LogP contribution is -2.44. The van der Waals surface area contributed by atoms with Gasteiger partial charge in [0, 0.05) is 41.0 Å². The third-order valence-electron chi connectivity index (χ3n) is 6.89. The van der Waals surface area contributed by atoms with Gasteiger partial charge in [0.2, 0.25) is 5.95 Å². The van der Waals surface area contributed by atoms with Crippen LogP contribution in [0, 0.1) is 6.92 Å². The summed E-state index contributed by atoms with van der Waals surface area (Å²) in [6.07, 6.45) is 2.04. The quantitative estimate of drug-likeness (QED) is 0.454. The summed E-state index contributed by atoms with van der Waals surface area (Å²) in [7, 11) is 0. The van der Waals surface area contributed by atoms with E-state index in [0.29, 0.717) is 17.6 Å². The molecule has 1 unspecified atom stereocenters. The Morgan fingerprint density at radius 1 is 1.11 bits per heavy atom. The fraction of sp³-hybridized carbons (Fsp3) is 0.333. The number of hydrogen-bond acceptors (Lipinski definition) is 7. The highest BCUT2D eigenvalue weighted by molar-refractivity contribution is 7.99. The van der Waals surface area contributed by atoms with E-state index in [1.54, 1.807) is 16.4 Å². The Hall–Kier alpha value is -3.43. The highest BCUT2D eigenvalue weighted by Gasteiger charge is 2.26. The highest BCUT2D eigenvalue weighted by atomic mass is 32.2. The maximum absolute atomic E-state index is 13.9. The van der Waals surface area contributed by atoms with Crippen LogP contribution >= 0.6 is 11.8 Å². The average Bonchev–Trinajstić information content (AvgIpc) is 3.21. The monoisotopic (exact) mass is 499 g/mol. The first kappa shape index (κ1) is 23.0. The van der Waals surface area contributed by atoms with Crippen molar-refractivity contribution in [2.75, 3.05) is 18.0 Å². The second-order valence-electron chi connectivity index (χ2n) is 9.37. The Bertz CT molecular complexity index is 1550. The summed E-state index contributed by atoms with van der Waals surface area (Å²) < 4.78 is 3.57. The van der Waals surface area contributed by atoms with E-state index in [4.69, 9.17) is 20.8 Å². The van der Waals surface area contributed by atoms with Gasteiger partial charge in [-0.25, -0.2) is 14.7 Å². The second kappa shape index (κ2) is 9.22. The minimum Gasteiger partial charge on any atom is -0.341 e. The molecule has 1 saturated heterocycles. The highest BCUT2D eigenvalue weighted by Crippen LogP contribution is 2.40. The number of aryl methyl sites for hydroxylation is 2. The number of nitrogens with zero attached hydrogens (tertiary/aromatic N) is 6. The number of aromatic nitrogens is 4. The maximum Gasteiger partial charge on any atom is 0.293 e. The van der Waals surface area contributed by atoms with Crippen LogP contribution in [0.25, 0.3) is 11.0 Å². The molecule has 0 bridgehead atoms. The molecular formula is C27H29N7OS. The van der Waals surface area contributed by atoms with E-state index >= 15 is 0 Å². The fourth-order valence-corrected chi connectivity index (χ4v) is 6.21. The number of para-hydroxylation sites is 1. The van der Waals surface area contributed by atoms with Crippen LogP contribution in [0.3, 0.4) is 0 Å². The smallest absolute Gasteiger partial charge is 0.293 e. The molecule has 0 saturated carbocycles. The predicted octanol–water partition coefficient (Wildman–Crippen LogP) is 4.13. The van der Waals surface area contributed by atoms with Crippen molar-refractivity contribution in [3.05, 3.63) is 70.1 Å². The first-order valence-corrected chi connectivity index (χ1v) is 13.3. The van der Waals surface area contributed by atoms with Crippen molar-refractivity contribution in [1.29, 1.82) is 0 Å². The minimum absolute atomic E-state index is 0.119. The number of rotatable bonds is 4. The van der Waals surface area contributed by atoms with Crippen LogP contribution in [-0.2, 0) is 13.1 Å². The number of benzene rings is 2. The van der Waals surface area contributed by atoms with Crippen molar-refractivity contribution in [1.82, 2.24) is 19.3 Å². The SMILES string of the molecule is CCn1c(N2CCCC(N)C2)nc2c(C)nn(CC3=Nc4ccccc4Sc4ccccc43)c(=O)c21. The van der Waals surface area contributed by atoms with Crippen molar-refractivity contribution in [2.45, 2.75) is 55.6 Å². The first-order chi connectivity index (χ1) is 17.5. The lowest BCUT2D eigenvalue weighted by molar-refractivity contribution is 0.494. The van der Waals surface area contributed by atoms with Gasteiger partial charge in [-0.15, -0.1) is 0 Å². The summed E-state index contributed by atoms with van der Waals surface area (Å²) in [5.74, 6) is 0.810. The van der Waals surface area contributed by atoms with Gasteiger partial charge >= 0.3 is 0 Å². The molecule has 8 nitrogen and oxygen atoms in total. The minimum atomic E-state index is -0.150. The van der Waals surface area contributed by atoms with Crippen LogP contribution < -0.4 is 16.2 Å². The van der Waals surface area contributed by atoms with Gasteiger partial charge in [-0.3, -0.25) is 4.79 Å². The Labute approximate surface area is 213 Å². The largest absolute Gasteiger partial charge is 0.341 e. The van der Waals surface area contributed by atoms with Gasteiger partial charge in [0.05, 0.1) is 23.6 Å².